The quantitative estimate of drug-likeness (QED) is 0.918. The van der Waals surface area contributed by atoms with Crippen molar-refractivity contribution < 1.29 is 4.74 Å². The molecule has 1 aromatic heterocycles. The first-order valence-corrected chi connectivity index (χ1v) is 7.44. The third-order valence-electron chi connectivity index (χ3n) is 3.19. The zero-order chi connectivity index (χ0) is 11.4. The molecule has 1 saturated carbocycles. The van der Waals surface area contributed by atoms with Gasteiger partial charge in [0, 0.05) is 34.4 Å². The van der Waals surface area contributed by atoms with E-state index < -0.39 is 0 Å². The number of hydrogen-bond acceptors (Lipinski definition) is 3. The molecule has 0 radical (unpaired) electrons. The zero-order valence-electron chi connectivity index (χ0n) is 9.54. The second kappa shape index (κ2) is 6.15. The van der Waals surface area contributed by atoms with Gasteiger partial charge in [0.05, 0.1) is 6.10 Å². The summed E-state index contributed by atoms with van der Waals surface area (Å²) < 4.78 is 6.57. The number of hydrogen-bond donors (Lipinski definition) is 1. The Bertz CT molecular complexity index is 321. The van der Waals surface area contributed by atoms with E-state index in [1.807, 2.05) is 18.4 Å². The van der Waals surface area contributed by atoms with Gasteiger partial charge in [0.2, 0.25) is 0 Å². The summed E-state index contributed by atoms with van der Waals surface area (Å²) in [5.74, 6) is 0. The smallest absolute Gasteiger partial charge is 0.0572 e. The van der Waals surface area contributed by atoms with Gasteiger partial charge in [-0.05, 0) is 47.7 Å². The molecule has 1 fully saturated rings. The van der Waals surface area contributed by atoms with Gasteiger partial charge in [0.15, 0.2) is 0 Å². The Morgan fingerprint density at radius 2 is 2.19 bits per heavy atom. The molecule has 2 rings (SSSR count). The Morgan fingerprint density at radius 3 is 2.75 bits per heavy atom. The Hall–Kier alpha value is 0.1000. The summed E-state index contributed by atoms with van der Waals surface area (Å²) in [5, 5.41) is 5.77. The second-order valence-electron chi connectivity index (χ2n) is 4.32. The van der Waals surface area contributed by atoms with Crippen LogP contribution < -0.4 is 5.32 Å². The highest BCUT2D eigenvalue weighted by molar-refractivity contribution is 9.10. The van der Waals surface area contributed by atoms with Crippen molar-refractivity contribution in [2.75, 3.05) is 7.11 Å². The minimum Gasteiger partial charge on any atom is -0.381 e. The van der Waals surface area contributed by atoms with Crippen LogP contribution in [0, 0.1) is 0 Å². The molecular formula is C12H18BrNOS. The van der Waals surface area contributed by atoms with E-state index in [1.54, 1.807) is 0 Å². The minimum atomic E-state index is 0.494. The Balaban J connectivity index is 1.71. The summed E-state index contributed by atoms with van der Waals surface area (Å²) in [6.07, 6.45) is 5.37. The molecule has 2 nitrogen and oxygen atoms in total. The molecule has 0 atom stereocenters. The monoisotopic (exact) mass is 303 g/mol. The van der Waals surface area contributed by atoms with Gasteiger partial charge in [0.1, 0.15) is 0 Å². The van der Waals surface area contributed by atoms with Crippen molar-refractivity contribution in [3.63, 3.8) is 0 Å². The number of rotatable bonds is 4. The molecule has 4 heteroatoms. The molecule has 0 aromatic carbocycles. The summed E-state index contributed by atoms with van der Waals surface area (Å²) >= 11 is 5.29. The molecule has 90 valence electrons. The van der Waals surface area contributed by atoms with Gasteiger partial charge in [-0.15, -0.1) is 11.3 Å². The van der Waals surface area contributed by atoms with Crippen LogP contribution in [0.5, 0.6) is 0 Å². The fraction of sp³-hybridized carbons (Fsp3) is 0.667. The first-order valence-electron chi connectivity index (χ1n) is 5.77. The molecule has 16 heavy (non-hydrogen) atoms. The molecular weight excluding hydrogens is 286 g/mol. The van der Waals surface area contributed by atoms with E-state index in [1.165, 1.54) is 35.0 Å². The third-order valence-corrected chi connectivity index (χ3v) is 4.89. The third kappa shape index (κ3) is 3.55. The highest BCUT2D eigenvalue weighted by Crippen LogP contribution is 2.23. The maximum atomic E-state index is 5.37. The zero-order valence-corrected chi connectivity index (χ0v) is 11.9. The van der Waals surface area contributed by atoms with E-state index in [-0.39, 0.29) is 0 Å². The van der Waals surface area contributed by atoms with Crippen molar-refractivity contribution >= 4 is 27.3 Å². The van der Waals surface area contributed by atoms with Gasteiger partial charge < -0.3 is 10.1 Å². The Labute approximate surface area is 110 Å². The van der Waals surface area contributed by atoms with Gasteiger partial charge in [-0.1, -0.05) is 0 Å². The molecule has 1 aliphatic rings. The minimum absolute atomic E-state index is 0.494. The molecule has 1 N–H and O–H groups in total. The van der Waals surface area contributed by atoms with Crippen LogP contribution in [0.25, 0.3) is 0 Å². The summed E-state index contributed by atoms with van der Waals surface area (Å²) in [5.41, 5.74) is 0. The van der Waals surface area contributed by atoms with Gasteiger partial charge in [-0.2, -0.15) is 0 Å². The van der Waals surface area contributed by atoms with Crippen LogP contribution >= 0.6 is 27.3 Å². The number of methoxy groups -OCH3 is 1. The highest BCUT2D eigenvalue weighted by Gasteiger charge is 2.20. The molecule has 0 spiro atoms. The van der Waals surface area contributed by atoms with Crippen molar-refractivity contribution in [1.82, 2.24) is 5.32 Å². The number of ether oxygens (including phenoxy) is 1. The van der Waals surface area contributed by atoms with Crippen LogP contribution in [0.1, 0.15) is 30.6 Å². The van der Waals surface area contributed by atoms with Crippen molar-refractivity contribution in [2.24, 2.45) is 0 Å². The number of thiophene rings is 1. The van der Waals surface area contributed by atoms with Crippen molar-refractivity contribution in [1.29, 1.82) is 0 Å². The van der Waals surface area contributed by atoms with E-state index in [2.05, 4.69) is 32.7 Å². The van der Waals surface area contributed by atoms with E-state index in [0.29, 0.717) is 12.1 Å². The van der Waals surface area contributed by atoms with Crippen LogP contribution in [-0.4, -0.2) is 19.3 Å². The molecule has 0 aliphatic heterocycles. The number of halogens is 1. The first kappa shape index (κ1) is 12.6. The lowest BCUT2D eigenvalue weighted by Gasteiger charge is -2.28. The van der Waals surface area contributed by atoms with E-state index >= 15 is 0 Å². The average Bonchev–Trinajstić information content (AvgIpc) is 2.73. The largest absolute Gasteiger partial charge is 0.381 e. The van der Waals surface area contributed by atoms with Crippen LogP contribution in [0.2, 0.25) is 0 Å². The topological polar surface area (TPSA) is 21.3 Å². The average molecular weight is 304 g/mol. The summed E-state index contributed by atoms with van der Waals surface area (Å²) in [6, 6.07) is 2.87. The fourth-order valence-corrected chi connectivity index (χ4v) is 3.60. The van der Waals surface area contributed by atoms with Gasteiger partial charge >= 0.3 is 0 Å². The summed E-state index contributed by atoms with van der Waals surface area (Å²) in [7, 11) is 1.82. The maximum absolute atomic E-state index is 5.37. The number of nitrogens with one attached hydrogen (secondary N) is 1. The fourth-order valence-electron chi connectivity index (χ4n) is 2.19. The molecule has 1 aromatic rings. The second-order valence-corrected chi connectivity index (χ2v) is 6.23. The van der Waals surface area contributed by atoms with Gasteiger partial charge in [-0.25, -0.2) is 0 Å². The molecule has 0 bridgehead atoms. The van der Waals surface area contributed by atoms with Crippen molar-refractivity contribution in [2.45, 2.75) is 44.4 Å². The maximum Gasteiger partial charge on any atom is 0.0572 e. The van der Waals surface area contributed by atoms with E-state index in [4.69, 9.17) is 4.74 Å². The molecule has 1 aliphatic carbocycles. The normalized spacial score (nSPS) is 25.9. The van der Waals surface area contributed by atoms with Crippen LogP contribution in [0.3, 0.4) is 0 Å². The first-order chi connectivity index (χ1) is 7.78. The summed E-state index contributed by atoms with van der Waals surface area (Å²) in [6.45, 7) is 0.999. The predicted molar refractivity (Wildman–Crippen MR) is 71.9 cm³/mol. The SMILES string of the molecule is COC1CCC(NCc2cc(Br)cs2)CC1. The van der Waals surface area contributed by atoms with Crippen LogP contribution in [0.15, 0.2) is 15.9 Å². The van der Waals surface area contributed by atoms with Crippen molar-refractivity contribution in [3.8, 4) is 0 Å². The van der Waals surface area contributed by atoms with E-state index in [0.717, 1.165) is 6.54 Å². The molecule has 0 amide bonds. The Morgan fingerprint density at radius 1 is 1.44 bits per heavy atom. The lowest BCUT2D eigenvalue weighted by Crippen LogP contribution is -2.34. The lowest BCUT2D eigenvalue weighted by molar-refractivity contribution is 0.0624. The standard InChI is InChI=1S/C12H18BrNOS/c1-15-11-4-2-10(3-5-11)14-7-12-6-9(13)8-16-12/h6,8,10-11,14H,2-5,7H2,1H3. The molecule has 0 unspecified atom stereocenters. The van der Waals surface area contributed by atoms with Crippen LogP contribution in [-0.2, 0) is 11.3 Å². The Kier molecular flexibility index (Phi) is 4.82. The predicted octanol–water partition coefficient (Wildman–Crippen LogP) is 3.56. The molecule has 1 heterocycles. The van der Waals surface area contributed by atoms with E-state index in [9.17, 15) is 0 Å². The lowest BCUT2D eigenvalue weighted by atomic mass is 9.93. The highest BCUT2D eigenvalue weighted by atomic mass is 79.9. The van der Waals surface area contributed by atoms with Crippen LogP contribution in [0.4, 0.5) is 0 Å². The molecule has 0 saturated heterocycles. The summed E-state index contributed by atoms with van der Waals surface area (Å²) in [4.78, 5) is 1.40. The van der Waals surface area contributed by atoms with Gasteiger partial charge in [-0.3, -0.25) is 0 Å². The van der Waals surface area contributed by atoms with Gasteiger partial charge in [0.25, 0.3) is 0 Å². The van der Waals surface area contributed by atoms with Crippen molar-refractivity contribution in [3.05, 3.63) is 20.8 Å².